The Bertz CT molecular complexity index is 1390. The molecule has 0 saturated carbocycles. The number of rotatable bonds is 9. The fourth-order valence-electron chi connectivity index (χ4n) is 3.56. The molecule has 0 unspecified atom stereocenters. The van der Waals surface area contributed by atoms with Crippen molar-refractivity contribution in [1.29, 1.82) is 0 Å². The van der Waals surface area contributed by atoms with Crippen LogP contribution in [0.5, 0.6) is 11.5 Å². The van der Waals surface area contributed by atoms with Crippen LogP contribution in [0.15, 0.2) is 104 Å². The summed E-state index contributed by atoms with van der Waals surface area (Å²) in [5.41, 5.74) is 2.62. The van der Waals surface area contributed by atoms with E-state index in [1.807, 2.05) is 6.07 Å². The van der Waals surface area contributed by atoms with Crippen molar-refractivity contribution >= 4 is 40.8 Å². The third-order valence-corrected chi connectivity index (χ3v) is 5.36. The van der Waals surface area contributed by atoms with Crippen LogP contribution in [-0.4, -0.2) is 24.3 Å². The number of aromatic nitrogens is 1. The van der Waals surface area contributed by atoms with E-state index < -0.39 is 5.82 Å². The van der Waals surface area contributed by atoms with Gasteiger partial charge in [-0.05, 0) is 54.6 Å². The second-order valence-corrected chi connectivity index (χ2v) is 7.67. The lowest BCUT2D eigenvalue weighted by atomic mass is 10.2. The van der Waals surface area contributed by atoms with Crippen LogP contribution in [0.25, 0.3) is 0 Å². The van der Waals surface area contributed by atoms with Crippen LogP contribution >= 0.6 is 0 Å². The van der Waals surface area contributed by atoms with Crippen molar-refractivity contribution in [2.24, 2.45) is 0 Å². The summed E-state index contributed by atoms with van der Waals surface area (Å²) in [6.07, 6.45) is 4.97. The van der Waals surface area contributed by atoms with Crippen molar-refractivity contribution < 1.29 is 18.7 Å². The van der Waals surface area contributed by atoms with Gasteiger partial charge in [0.1, 0.15) is 5.75 Å². The highest BCUT2D eigenvalue weighted by atomic mass is 19.1. The van der Waals surface area contributed by atoms with Gasteiger partial charge in [-0.15, -0.1) is 0 Å². The highest BCUT2D eigenvalue weighted by Gasteiger charge is 2.18. The molecule has 180 valence electrons. The quantitative estimate of drug-likeness (QED) is 0.227. The highest BCUT2D eigenvalue weighted by Crippen LogP contribution is 2.37. The van der Waals surface area contributed by atoms with E-state index in [4.69, 9.17) is 4.74 Å². The first-order valence-electron chi connectivity index (χ1n) is 11.0. The number of anilines is 5. The molecule has 1 heterocycles. The molecule has 0 aliphatic heterocycles. The van der Waals surface area contributed by atoms with Crippen molar-refractivity contribution in [3.05, 3.63) is 110 Å². The number of amides is 2. The van der Waals surface area contributed by atoms with E-state index in [2.05, 4.69) is 16.9 Å². The molecule has 0 aliphatic rings. The molecule has 8 heteroatoms. The second kappa shape index (κ2) is 11.0. The maximum Gasteiger partial charge on any atom is 0.247 e. The Morgan fingerprint density at radius 1 is 1.00 bits per heavy atom. The lowest BCUT2D eigenvalue weighted by Gasteiger charge is -2.27. The zero-order valence-electron chi connectivity index (χ0n) is 19.5. The summed E-state index contributed by atoms with van der Waals surface area (Å²) in [5.74, 6) is -0.278. The van der Waals surface area contributed by atoms with E-state index >= 15 is 0 Å². The topological polar surface area (TPSA) is 74.8 Å². The lowest BCUT2D eigenvalue weighted by molar-refractivity contribution is -0.112. The largest absolute Gasteiger partial charge is 0.454 e. The second-order valence-electron chi connectivity index (χ2n) is 7.67. The summed E-state index contributed by atoms with van der Waals surface area (Å²) in [6, 6.07) is 22.1. The smallest absolute Gasteiger partial charge is 0.247 e. The predicted molar refractivity (Wildman–Crippen MR) is 139 cm³/mol. The van der Waals surface area contributed by atoms with Gasteiger partial charge in [-0.2, -0.15) is 0 Å². The van der Waals surface area contributed by atoms with Crippen LogP contribution < -0.4 is 19.9 Å². The molecular formula is C28H23FN4O3. The average molecular weight is 483 g/mol. The molecule has 0 saturated heterocycles. The van der Waals surface area contributed by atoms with Crippen LogP contribution in [-0.2, 0) is 9.59 Å². The third kappa shape index (κ3) is 5.39. The van der Waals surface area contributed by atoms with Gasteiger partial charge in [0.05, 0.1) is 23.3 Å². The molecule has 4 aromatic rings. The van der Waals surface area contributed by atoms with Gasteiger partial charge in [-0.25, -0.2) is 4.39 Å². The lowest BCUT2D eigenvalue weighted by Crippen LogP contribution is -2.19. The maximum absolute atomic E-state index is 14.9. The number of carbonyl (C=O) groups is 2. The normalized spacial score (nSPS) is 10.3. The number of nitrogens with one attached hydrogen (secondary N) is 1. The van der Waals surface area contributed by atoms with Crippen LogP contribution in [0, 0.1) is 5.82 Å². The molecule has 0 bridgehead atoms. The fourth-order valence-corrected chi connectivity index (χ4v) is 3.56. The monoisotopic (exact) mass is 482 g/mol. The fraction of sp³-hybridized carbons (Fsp3) is 0.0357. The molecule has 0 aliphatic carbocycles. The van der Waals surface area contributed by atoms with Crippen molar-refractivity contribution in [1.82, 2.24) is 4.98 Å². The Labute approximate surface area is 208 Å². The molecule has 0 radical (unpaired) electrons. The first-order valence-corrected chi connectivity index (χ1v) is 11.0. The molecule has 1 N–H and O–H groups in total. The van der Waals surface area contributed by atoms with Gasteiger partial charge in [0, 0.05) is 30.7 Å². The van der Waals surface area contributed by atoms with Crippen LogP contribution in [0.4, 0.5) is 32.8 Å². The predicted octanol–water partition coefficient (Wildman–Crippen LogP) is 6.20. The van der Waals surface area contributed by atoms with Crippen LogP contribution in [0.3, 0.4) is 0 Å². The van der Waals surface area contributed by atoms with Crippen molar-refractivity contribution in [2.75, 3.05) is 22.2 Å². The van der Waals surface area contributed by atoms with E-state index in [-0.39, 0.29) is 11.7 Å². The number of benzene rings is 3. The van der Waals surface area contributed by atoms with Gasteiger partial charge in [0.25, 0.3) is 0 Å². The Hall–Kier alpha value is -4.98. The molecule has 0 spiro atoms. The van der Waals surface area contributed by atoms with Gasteiger partial charge >= 0.3 is 0 Å². The van der Waals surface area contributed by atoms with E-state index in [0.717, 1.165) is 6.08 Å². The summed E-state index contributed by atoms with van der Waals surface area (Å²) < 4.78 is 20.5. The SMILES string of the molecule is C=CC(=O)Nc1cccc(N(C=O)c2ccncc2N(C)c2ccc(Oc3ccccc3)c(F)c2)c1. The van der Waals surface area contributed by atoms with Crippen molar-refractivity contribution in [3.8, 4) is 11.5 Å². The van der Waals surface area contributed by atoms with Crippen molar-refractivity contribution in [2.45, 2.75) is 0 Å². The minimum atomic E-state index is -0.536. The molecule has 7 nitrogen and oxygen atoms in total. The number of hydrogen-bond acceptors (Lipinski definition) is 5. The van der Waals surface area contributed by atoms with Crippen LogP contribution in [0.1, 0.15) is 0 Å². The van der Waals surface area contributed by atoms with Crippen molar-refractivity contribution in [3.63, 3.8) is 0 Å². The first-order chi connectivity index (χ1) is 17.5. The van der Waals surface area contributed by atoms with E-state index in [1.165, 1.54) is 11.0 Å². The zero-order chi connectivity index (χ0) is 25.5. The van der Waals surface area contributed by atoms with E-state index in [1.54, 1.807) is 91.1 Å². The van der Waals surface area contributed by atoms with Crippen LogP contribution in [0.2, 0.25) is 0 Å². The number of ether oxygens (including phenoxy) is 1. The molecule has 36 heavy (non-hydrogen) atoms. The molecule has 4 rings (SSSR count). The summed E-state index contributed by atoms with van der Waals surface area (Å²) in [5, 5.41) is 2.68. The van der Waals surface area contributed by atoms with E-state index in [9.17, 15) is 14.0 Å². The Kier molecular flexibility index (Phi) is 7.36. The summed E-state index contributed by atoms with van der Waals surface area (Å²) in [7, 11) is 1.75. The number of nitrogens with zero attached hydrogens (tertiary/aromatic N) is 3. The molecule has 1 aromatic heterocycles. The van der Waals surface area contributed by atoms with Gasteiger partial charge in [-0.3, -0.25) is 19.5 Å². The van der Waals surface area contributed by atoms with E-state index in [0.29, 0.717) is 40.6 Å². The molecule has 0 fully saturated rings. The molecule has 3 aromatic carbocycles. The zero-order valence-corrected chi connectivity index (χ0v) is 19.5. The minimum absolute atomic E-state index is 0.0951. The summed E-state index contributed by atoms with van der Waals surface area (Å²) in [4.78, 5) is 31.2. The van der Waals surface area contributed by atoms with Gasteiger partial charge < -0.3 is 15.0 Å². The molecule has 0 atom stereocenters. The van der Waals surface area contributed by atoms with Gasteiger partial charge in [0.15, 0.2) is 11.6 Å². The molecular weight excluding hydrogens is 459 g/mol. The molecule has 2 amide bonds. The maximum atomic E-state index is 14.9. The van der Waals surface area contributed by atoms with Gasteiger partial charge in [-0.1, -0.05) is 30.8 Å². The average Bonchev–Trinajstić information content (AvgIpc) is 2.91. The van der Waals surface area contributed by atoms with Gasteiger partial charge in [0.2, 0.25) is 12.3 Å². The number of hydrogen-bond donors (Lipinski definition) is 1. The number of halogens is 1. The summed E-state index contributed by atoms with van der Waals surface area (Å²) in [6.45, 7) is 3.44. The highest BCUT2D eigenvalue weighted by molar-refractivity contribution is 6.00. The summed E-state index contributed by atoms with van der Waals surface area (Å²) >= 11 is 0. The number of para-hydroxylation sites is 1. The minimum Gasteiger partial charge on any atom is -0.454 e. The Morgan fingerprint density at radius 3 is 2.53 bits per heavy atom. The number of pyridine rings is 1. The first kappa shape index (κ1) is 24.2. The Balaban J connectivity index is 1.64. The Morgan fingerprint density at radius 2 is 1.81 bits per heavy atom. The third-order valence-electron chi connectivity index (χ3n) is 5.36. The standard InChI is InChI=1S/C28H23FN4O3/c1-3-28(35)31-20-8-7-9-22(16-20)33(19-34)25-14-15-30-18-26(25)32(2)21-12-13-27(24(29)17-21)36-23-10-5-4-6-11-23/h3-19H,1H2,2H3,(H,31,35). The number of carbonyl (C=O) groups excluding carboxylic acids is 2.